The van der Waals surface area contributed by atoms with Crippen molar-refractivity contribution >= 4 is 11.9 Å². The quantitative estimate of drug-likeness (QED) is 0.0381. The molecular weight excluding hydrogens is 681 g/mol. The van der Waals surface area contributed by atoms with Crippen LogP contribution in [0, 0.1) is 0 Å². The smallest absolute Gasteiger partial charge is 0.306 e. The van der Waals surface area contributed by atoms with E-state index in [4.69, 9.17) is 9.47 Å². The lowest BCUT2D eigenvalue weighted by Gasteiger charge is -2.15. The molecule has 0 bridgehead atoms. The first kappa shape index (κ1) is 52.3. The van der Waals surface area contributed by atoms with Crippen LogP contribution >= 0.6 is 0 Å². The van der Waals surface area contributed by atoms with Crippen molar-refractivity contribution < 1.29 is 24.2 Å². The molecule has 0 aliphatic rings. The van der Waals surface area contributed by atoms with Crippen molar-refractivity contribution in [2.75, 3.05) is 13.2 Å². The SMILES string of the molecule is CC/C=C\C/C=C\C/C=C\C/C=C\CCCCCCCCCCCCCCC(=O)OC(CO)COC(=O)CCCCCCC/C=C\C/C=C\CCCCCC. The number of ether oxygens (including phenoxy) is 2. The summed E-state index contributed by atoms with van der Waals surface area (Å²) in [6.07, 6.45) is 61.2. The number of esters is 2. The molecule has 1 atom stereocenters. The van der Waals surface area contributed by atoms with Crippen molar-refractivity contribution in [2.45, 2.75) is 219 Å². The summed E-state index contributed by atoms with van der Waals surface area (Å²) in [7, 11) is 0. The second-order valence-electron chi connectivity index (χ2n) is 15.1. The van der Waals surface area contributed by atoms with Crippen LogP contribution in [0.1, 0.15) is 213 Å². The molecule has 1 N–H and O–H groups in total. The molecule has 0 aromatic rings. The van der Waals surface area contributed by atoms with Crippen molar-refractivity contribution in [3.8, 4) is 0 Å². The third-order valence-electron chi connectivity index (χ3n) is 9.73. The van der Waals surface area contributed by atoms with Crippen molar-refractivity contribution in [1.29, 1.82) is 0 Å². The molecule has 0 fully saturated rings. The van der Waals surface area contributed by atoms with Crippen LogP contribution in [-0.4, -0.2) is 36.4 Å². The molecule has 55 heavy (non-hydrogen) atoms. The number of carbonyl (C=O) groups excluding carboxylic acids is 2. The second kappa shape index (κ2) is 45.7. The van der Waals surface area contributed by atoms with Gasteiger partial charge in [-0.3, -0.25) is 9.59 Å². The molecule has 0 aromatic carbocycles. The molecule has 0 rings (SSSR count). The molecular formula is C50H86O5. The van der Waals surface area contributed by atoms with Crippen LogP contribution in [0.3, 0.4) is 0 Å². The highest BCUT2D eigenvalue weighted by molar-refractivity contribution is 5.70. The van der Waals surface area contributed by atoms with Gasteiger partial charge in [0.2, 0.25) is 0 Å². The highest BCUT2D eigenvalue weighted by Gasteiger charge is 2.16. The number of rotatable bonds is 41. The first-order valence-corrected chi connectivity index (χ1v) is 23.0. The van der Waals surface area contributed by atoms with Crippen LogP contribution < -0.4 is 0 Å². The summed E-state index contributed by atoms with van der Waals surface area (Å²) in [5.74, 6) is -0.609. The molecule has 0 saturated heterocycles. The molecule has 5 heteroatoms. The Morgan fingerprint density at radius 2 is 0.782 bits per heavy atom. The first-order chi connectivity index (χ1) is 27.1. The first-order valence-electron chi connectivity index (χ1n) is 23.0. The Morgan fingerprint density at radius 1 is 0.436 bits per heavy atom. The Labute approximate surface area is 340 Å². The van der Waals surface area contributed by atoms with E-state index in [9.17, 15) is 14.7 Å². The standard InChI is InChI=1S/C50H86O5/c1-3-5-7-9-11-13-15-17-19-21-22-23-24-25-26-27-28-29-31-33-35-37-39-41-43-45-50(53)55-48(46-51)47-54-49(52)44-42-40-38-36-34-32-30-20-18-16-14-12-10-8-6-4-2/h5,7,11,13-14,16-17,19-20,22-23,30,48,51H,3-4,6,8-10,12,15,18,21,24-29,31-47H2,1-2H3/b7-5-,13-11-,16-14-,19-17-,23-22-,30-20-. The molecule has 0 heterocycles. The summed E-state index contributed by atoms with van der Waals surface area (Å²) in [4.78, 5) is 24.4. The molecule has 0 spiro atoms. The van der Waals surface area contributed by atoms with Gasteiger partial charge in [-0.05, 0) is 83.5 Å². The Hall–Kier alpha value is -2.66. The van der Waals surface area contributed by atoms with E-state index in [1.807, 2.05) is 0 Å². The molecule has 1 unspecified atom stereocenters. The largest absolute Gasteiger partial charge is 0.462 e. The third-order valence-corrected chi connectivity index (χ3v) is 9.73. The number of carbonyl (C=O) groups is 2. The minimum Gasteiger partial charge on any atom is -0.462 e. The summed E-state index contributed by atoms with van der Waals surface area (Å²) in [5.41, 5.74) is 0. The van der Waals surface area contributed by atoms with Crippen LogP contribution in [0.4, 0.5) is 0 Å². The van der Waals surface area contributed by atoms with Gasteiger partial charge in [0.1, 0.15) is 6.61 Å². The summed E-state index contributed by atoms with van der Waals surface area (Å²) >= 11 is 0. The normalized spacial score (nSPS) is 12.9. The van der Waals surface area contributed by atoms with Gasteiger partial charge in [0.15, 0.2) is 6.10 Å². The Morgan fingerprint density at radius 3 is 1.18 bits per heavy atom. The average molecular weight is 767 g/mol. The third kappa shape index (κ3) is 43.9. The predicted molar refractivity (Wildman–Crippen MR) is 237 cm³/mol. The molecule has 0 aliphatic heterocycles. The fourth-order valence-corrected chi connectivity index (χ4v) is 6.28. The highest BCUT2D eigenvalue weighted by Crippen LogP contribution is 2.14. The zero-order chi connectivity index (χ0) is 40.0. The monoisotopic (exact) mass is 767 g/mol. The fraction of sp³-hybridized carbons (Fsp3) is 0.720. The van der Waals surface area contributed by atoms with E-state index in [1.54, 1.807) is 0 Å². The molecule has 0 aromatic heterocycles. The van der Waals surface area contributed by atoms with Crippen molar-refractivity contribution in [3.05, 3.63) is 72.9 Å². The zero-order valence-electron chi connectivity index (χ0n) is 35.9. The van der Waals surface area contributed by atoms with Crippen LogP contribution in [0.15, 0.2) is 72.9 Å². The summed E-state index contributed by atoms with van der Waals surface area (Å²) in [6, 6.07) is 0. The van der Waals surface area contributed by atoms with E-state index in [0.717, 1.165) is 77.0 Å². The maximum absolute atomic E-state index is 12.2. The molecule has 0 aliphatic carbocycles. The number of aliphatic hydroxyl groups is 1. The van der Waals surface area contributed by atoms with Crippen molar-refractivity contribution in [3.63, 3.8) is 0 Å². The van der Waals surface area contributed by atoms with Crippen LogP contribution in [0.5, 0.6) is 0 Å². The lowest BCUT2D eigenvalue weighted by molar-refractivity contribution is -0.161. The molecule has 0 radical (unpaired) electrons. The summed E-state index contributed by atoms with van der Waals surface area (Å²) in [5, 5.41) is 9.60. The second-order valence-corrected chi connectivity index (χ2v) is 15.1. The van der Waals surface area contributed by atoms with E-state index in [0.29, 0.717) is 12.8 Å². The van der Waals surface area contributed by atoms with Gasteiger partial charge in [-0.1, -0.05) is 189 Å². The Kier molecular flexibility index (Phi) is 43.5. The van der Waals surface area contributed by atoms with Gasteiger partial charge in [0.25, 0.3) is 0 Å². The minimum atomic E-state index is -0.781. The molecule has 5 nitrogen and oxygen atoms in total. The minimum absolute atomic E-state index is 0.0759. The molecule has 0 saturated carbocycles. The maximum Gasteiger partial charge on any atom is 0.306 e. The van der Waals surface area contributed by atoms with Gasteiger partial charge >= 0.3 is 11.9 Å². The highest BCUT2D eigenvalue weighted by atomic mass is 16.6. The molecule has 316 valence electrons. The van der Waals surface area contributed by atoms with E-state index in [1.165, 1.54) is 109 Å². The lowest BCUT2D eigenvalue weighted by Crippen LogP contribution is -2.28. The van der Waals surface area contributed by atoms with Gasteiger partial charge in [-0.25, -0.2) is 0 Å². The summed E-state index contributed by atoms with van der Waals surface area (Å²) in [6.45, 7) is 4.00. The average Bonchev–Trinajstić information content (AvgIpc) is 3.19. The van der Waals surface area contributed by atoms with E-state index < -0.39 is 6.10 Å². The van der Waals surface area contributed by atoms with E-state index in [2.05, 4.69) is 86.8 Å². The van der Waals surface area contributed by atoms with E-state index in [-0.39, 0.29) is 25.2 Å². The fourth-order valence-electron chi connectivity index (χ4n) is 6.28. The van der Waals surface area contributed by atoms with Gasteiger partial charge in [-0.2, -0.15) is 0 Å². The molecule has 0 amide bonds. The predicted octanol–water partition coefficient (Wildman–Crippen LogP) is 14.9. The van der Waals surface area contributed by atoms with Crippen LogP contribution in [-0.2, 0) is 19.1 Å². The van der Waals surface area contributed by atoms with Crippen molar-refractivity contribution in [2.24, 2.45) is 0 Å². The number of hydrogen-bond acceptors (Lipinski definition) is 5. The van der Waals surface area contributed by atoms with Gasteiger partial charge in [0, 0.05) is 12.8 Å². The van der Waals surface area contributed by atoms with Crippen LogP contribution in [0.25, 0.3) is 0 Å². The number of hydrogen-bond donors (Lipinski definition) is 1. The van der Waals surface area contributed by atoms with Gasteiger partial charge in [0.05, 0.1) is 6.61 Å². The van der Waals surface area contributed by atoms with E-state index >= 15 is 0 Å². The topological polar surface area (TPSA) is 72.8 Å². The summed E-state index contributed by atoms with van der Waals surface area (Å²) < 4.78 is 10.6. The zero-order valence-corrected chi connectivity index (χ0v) is 35.9. The Bertz CT molecular complexity index is 1000. The van der Waals surface area contributed by atoms with Crippen molar-refractivity contribution in [1.82, 2.24) is 0 Å². The maximum atomic E-state index is 12.2. The van der Waals surface area contributed by atoms with Crippen LogP contribution in [0.2, 0.25) is 0 Å². The number of unbranched alkanes of at least 4 members (excludes halogenated alkanes) is 21. The van der Waals surface area contributed by atoms with Gasteiger partial charge < -0.3 is 14.6 Å². The number of aliphatic hydroxyl groups excluding tert-OH is 1. The Balaban J connectivity index is 3.55. The number of allylic oxidation sites excluding steroid dienone is 12. The lowest BCUT2D eigenvalue weighted by atomic mass is 10.0. The van der Waals surface area contributed by atoms with Gasteiger partial charge in [-0.15, -0.1) is 0 Å².